The van der Waals surface area contributed by atoms with Gasteiger partial charge in [0.1, 0.15) is 6.42 Å². The van der Waals surface area contributed by atoms with Gasteiger partial charge in [-0.3, -0.25) is 95.9 Å². The molecule has 0 atom stereocenters. The minimum absolute atomic E-state index is 0.0628. The molecule has 0 aliphatic carbocycles. The summed E-state index contributed by atoms with van der Waals surface area (Å²) in [6.07, 6.45) is -3.66. The van der Waals surface area contributed by atoms with Crippen LogP contribution in [0.4, 0.5) is 0 Å². The Labute approximate surface area is 462 Å². The van der Waals surface area contributed by atoms with Gasteiger partial charge >= 0.3 is 119 Å². The zero-order valence-electron chi connectivity index (χ0n) is 42.9. The van der Waals surface area contributed by atoms with Crippen molar-refractivity contribution in [2.24, 2.45) is 23.7 Å². The Kier molecular flexibility index (Phi) is 58.7. The first-order chi connectivity index (χ1) is 37.7. The van der Waals surface area contributed by atoms with Crippen molar-refractivity contribution in [3.8, 4) is 0 Å². The molecule has 474 valence electrons. The molecule has 0 rings (SSSR count). The molecule has 0 unspecified atom stereocenters. The third-order valence-electron chi connectivity index (χ3n) is 7.68. The molecule has 0 aromatic carbocycles. The van der Waals surface area contributed by atoms with Crippen molar-refractivity contribution in [2.45, 2.75) is 122 Å². The average Bonchev–Trinajstić information content (AvgIpc) is 3.25. The fourth-order valence-corrected chi connectivity index (χ4v) is 4.33. The van der Waals surface area contributed by atoms with Crippen LogP contribution in [0.1, 0.15) is 122 Å². The molecule has 0 aliphatic rings. The second-order valence-electron chi connectivity index (χ2n) is 15.2. The Morgan fingerprint density at radius 1 is 0.205 bits per heavy atom. The predicted octanol–water partition coefficient (Wildman–Crippen LogP) is -0.540. The van der Waals surface area contributed by atoms with Gasteiger partial charge in [-0.25, -0.2) is 0 Å². The van der Waals surface area contributed by atoms with Crippen LogP contribution in [0.2, 0.25) is 0 Å². The van der Waals surface area contributed by atoms with Crippen molar-refractivity contribution >= 4 is 119 Å². The molecule has 0 aromatic rings. The molecule has 20 N–H and O–H groups in total. The molecule has 0 heterocycles. The Bertz CT molecular complexity index is 2030. The van der Waals surface area contributed by atoms with E-state index in [1.807, 2.05) is 0 Å². The molecular formula is C43H62O40. The van der Waals surface area contributed by atoms with Crippen LogP contribution >= 0.6 is 0 Å². The van der Waals surface area contributed by atoms with E-state index in [2.05, 4.69) is 0 Å². The van der Waals surface area contributed by atoms with Gasteiger partial charge in [-0.2, -0.15) is 0 Å². The summed E-state index contributed by atoms with van der Waals surface area (Å²) in [7, 11) is 0. The summed E-state index contributed by atoms with van der Waals surface area (Å²) < 4.78 is 0. The van der Waals surface area contributed by atoms with E-state index >= 15 is 0 Å². The van der Waals surface area contributed by atoms with Crippen molar-refractivity contribution in [3.63, 3.8) is 0 Å². The molecule has 0 fully saturated rings. The van der Waals surface area contributed by atoms with E-state index < -0.39 is 182 Å². The maximum absolute atomic E-state index is 10.3. The number of carboxylic acids is 20. The molecule has 83 heavy (non-hydrogen) atoms. The molecule has 0 aliphatic heterocycles. The van der Waals surface area contributed by atoms with Crippen LogP contribution in [0, 0.1) is 23.7 Å². The van der Waals surface area contributed by atoms with Crippen LogP contribution < -0.4 is 0 Å². The molecule has 0 spiro atoms. The van der Waals surface area contributed by atoms with Gasteiger partial charge in [-0.15, -0.1) is 0 Å². The van der Waals surface area contributed by atoms with E-state index in [0.717, 1.165) is 0 Å². The highest BCUT2D eigenvalue weighted by atomic mass is 16.4. The standard InChI is InChI=1S/C8H12O6.C7H10O6.C6H8O6.C6H10O4.C5H8O4.C4H4O6.C4H6O4.C3H4O4/c9-6(10)2-1-5(3-7(11)12)4-8(13)14;8-5(9)1-4(2-6(10)11)3-7(12)13;7-4(8)1-3(6(11)12)2-5(9)10;7-5(8)3-1-2-4-6(9)10;6-4(7)2-1-3-5(8)9;5-2(6)1(3(7)8)4(9)10;5-3(6)1-2-4(7)8;4-2(5)1-3(6)7/h5H,1-4H2,(H,9,10)(H,11,12)(H,13,14);4H,1-3H2,(H,8,9)(H,10,11)(H,12,13);3H,1-2H2,(H,7,8)(H,9,10)(H,11,12);1-4H2,(H,7,8)(H,9,10);1-3H2,(H,6,7)(H,8,9);1H,(H,5,6)(H,7,8)(H,9,10);1-2H2,(H,5,6)(H,7,8);1H2,(H,4,5)(H,6,7). The molecular weight excluding hydrogens is 1160 g/mol. The number of carbonyl (C=O) groups is 20. The van der Waals surface area contributed by atoms with E-state index in [9.17, 15) is 95.9 Å². The zero-order chi connectivity index (χ0) is 67.3. The SMILES string of the molecule is O=C(O)C(C(=O)O)C(=O)O.O=C(O)CC(=O)O.O=C(O)CC(CC(=O)O)C(=O)O.O=C(O)CC(CC(=O)O)CC(=O)O.O=C(O)CCC(=O)O.O=C(O)CCC(CC(=O)O)CC(=O)O.O=C(O)CCCC(=O)O.O=C(O)CCCCC(=O)O. The summed E-state index contributed by atoms with van der Waals surface area (Å²) in [4.78, 5) is 199. The van der Waals surface area contributed by atoms with Gasteiger partial charge in [0.25, 0.3) is 0 Å². The third kappa shape index (κ3) is 94.3. The molecule has 0 bridgehead atoms. The lowest BCUT2D eigenvalue weighted by Crippen LogP contribution is -2.31. The Morgan fingerprint density at radius 2 is 0.422 bits per heavy atom. The third-order valence-corrected chi connectivity index (χ3v) is 7.68. The van der Waals surface area contributed by atoms with Gasteiger partial charge in [0.15, 0.2) is 0 Å². The van der Waals surface area contributed by atoms with Crippen molar-refractivity contribution < 1.29 is 198 Å². The first-order valence-corrected chi connectivity index (χ1v) is 22.1. The summed E-state index contributed by atoms with van der Waals surface area (Å²) in [5.41, 5.74) is 0. The number of aliphatic carboxylic acids is 20. The van der Waals surface area contributed by atoms with Gasteiger partial charge in [-0.1, -0.05) is 0 Å². The highest BCUT2D eigenvalue weighted by Gasteiger charge is 2.33. The van der Waals surface area contributed by atoms with Gasteiger partial charge in [0, 0.05) is 64.2 Å². The van der Waals surface area contributed by atoms with Crippen LogP contribution in [0.15, 0.2) is 0 Å². The second-order valence-corrected chi connectivity index (χ2v) is 15.2. The lowest BCUT2D eigenvalue weighted by atomic mass is 9.96. The van der Waals surface area contributed by atoms with Gasteiger partial charge < -0.3 is 102 Å². The first kappa shape index (κ1) is 89.0. The van der Waals surface area contributed by atoms with Gasteiger partial charge in [0.2, 0.25) is 5.92 Å². The van der Waals surface area contributed by atoms with E-state index in [4.69, 9.17) is 102 Å². The maximum atomic E-state index is 10.3. The molecule has 0 aromatic heterocycles. The molecule has 0 saturated carbocycles. The lowest BCUT2D eigenvalue weighted by Gasteiger charge is -2.09. The van der Waals surface area contributed by atoms with Crippen LogP contribution in [-0.4, -0.2) is 222 Å². The van der Waals surface area contributed by atoms with Crippen LogP contribution in [0.5, 0.6) is 0 Å². The lowest BCUT2D eigenvalue weighted by molar-refractivity contribution is -0.165. The van der Waals surface area contributed by atoms with Crippen LogP contribution in [-0.2, 0) is 95.9 Å². The highest BCUT2D eigenvalue weighted by Crippen LogP contribution is 2.16. The van der Waals surface area contributed by atoms with Crippen LogP contribution in [0.3, 0.4) is 0 Å². The summed E-state index contributed by atoms with van der Waals surface area (Å²) in [6.45, 7) is 0. The van der Waals surface area contributed by atoms with E-state index in [0.29, 0.717) is 12.8 Å². The summed E-state index contributed by atoms with van der Waals surface area (Å²) >= 11 is 0. The zero-order valence-corrected chi connectivity index (χ0v) is 42.9. The van der Waals surface area contributed by atoms with Crippen LogP contribution in [0.25, 0.3) is 0 Å². The minimum Gasteiger partial charge on any atom is -0.481 e. The van der Waals surface area contributed by atoms with E-state index in [1.54, 1.807) is 0 Å². The molecule has 0 saturated heterocycles. The summed E-state index contributed by atoms with van der Waals surface area (Å²) in [6, 6.07) is 0. The van der Waals surface area contributed by atoms with E-state index in [-0.39, 0.29) is 70.6 Å². The fraction of sp³-hybridized carbons (Fsp3) is 0.535. The number of hydrogen-bond acceptors (Lipinski definition) is 20. The largest absolute Gasteiger partial charge is 0.481 e. The second kappa shape index (κ2) is 54.7. The number of rotatable bonds is 35. The highest BCUT2D eigenvalue weighted by molar-refractivity contribution is 6.10. The Balaban J connectivity index is -0.000000130. The quantitative estimate of drug-likeness (QED) is 0.0280. The van der Waals surface area contributed by atoms with Crippen molar-refractivity contribution in [2.75, 3.05) is 0 Å². The molecule has 0 radical (unpaired) electrons. The minimum atomic E-state index is -2.36. The Hall–Kier alpha value is -10.6. The molecule has 40 nitrogen and oxygen atoms in total. The van der Waals surface area contributed by atoms with Crippen molar-refractivity contribution in [3.05, 3.63) is 0 Å². The van der Waals surface area contributed by atoms with Gasteiger partial charge in [-0.05, 0) is 37.5 Å². The predicted molar refractivity (Wildman–Crippen MR) is 254 cm³/mol. The number of carboxylic acid groups (broad SMARTS) is 20. The van der Waals surface area contributed by atoms with Gasteiger partial charge in [0.05, 0.1) is 31.6 Å². The molecule has 0 amide bonds. The normalized spacial score (nSPS) is 9.35. The van der Waals surface area contributed by atoms with E-state index in [1.165, 1.54) is 0 Å². The first-order valence-electron chi connectivity index (χ1n) is 22.1. The number of hydrogen-bond donors (Lipinski definition) is 20. The maximum Gasteiger partial charge on any atom is 0.329 e. The Morgan fingerprint density at radius 3 is 0.578 bits per heavy atom. The van der Waals surface area contributed by atoms with Crippen molar-refractivity contribution in [1.82, 2.24) is 0 Å². The average molecular weight is 1220 g/mol. The topological polar surface area (TPSA) is 746 Å². The monoisotopic (exact) mass is 1220 g/mol. The fourth-order valence-electron chi connectivity index (χ4n) is 4.33. The molecule has 40 heteroatoms. The van der Waals surface area contributed by atoms with Crippen molar-refractivity contribution in [1.29, 1.82) is 0 Å². The smallest absolute Gasteiger partial charge is 0.329 e. The summed E-state index contributed by atoms with van der Waals surface area (Å²) in [5.74, 6) is -30.1. The summed E-state index contributed by atoms with van der Waals surface area (Å²) in [5, 5.41) is 162. The number of unbranched alkanes of at least 4 members (excludes halogenated alkanes) is 1.